The Morgan fingerprint density at radius 1 is 0.636 bits per heavy atom. The molecule has 0 aliphatic carbocycles. The molecule has 0 bridgehead atoms. The molecule has 4 aromatic carbocycles. The molecule has 0 heterocycles. The fraction of sp³-hybridized carbons (Fsp3) is 0.0968. The standard InChI is InChI=1S/C31H30N2/c1-3-5-12-28(4-2)32-30-19-15-24(16-20-30)26-10-9-11-27(23-26)25-17-21-31(22-18-25)33-29-13-7-6-8-14-29/h4-23,32-33H,3H2,1-2H3/b12-5-,28-4+. The Morgan fingerprint density at radius 3 is 1.79 bits per heavy atom. The Kier molecular flexibility index (Phi) is 7.40. The minimum absolute atomic E-state index is 1.03. The van der Waals surface area contributed by atoms with Crippen LogP contribution < -0.4 is 10.6 Å². The van der Waals surface area contributed by atoms with Crippen molar-refractivity contribution in [3.05, 3.63) is 127 Å². The number of hydrogen-bond donors (Lipinski definition) is 2. The molecule has 164 valence electrons. The van der Waals surface area contributed by atoms with E-state index in [0.717, 1.165) is 29.2 Å². The monoisotopic (exact) mass is 430 g/mol. The van der Waals surface area contributed by atoms with E-state index in [1.54, 1.807) is 0 Å². The first-order chi connectivity index (χ1) is 16.2. The number of nitrogens with one attached hydrogen (secondary N) is 2. The van der Waals surface area contributed by atoms with E-state index in [0.29, 0.717) is 0 Å². The van der Waals surface area contributed by atoms with E-state index < -0.39 is 0 Å². The van der Waals surface area contributed by atoms with E-state index in [2.05, 4.69) is 121 Å². The zero-order valence-corrected chi connectivity index (χ0v) is 19.3. The fourth-order valence-electron chi connectivity index (χ4n) is 3.68. The third kappa shape index (κ3) is 6.02. The van der Waals surface area contributed by atoms with Crippen molar-refractivity contribution >= 4 is 17.1 Å². The second-order valence-electron chi connectivity index (χ2n) is 7.91. The fourth-order valence-corrected chi connectivity index (χ4v) is 3.68. The Balaban J connectivity index is 1.48. The van der Waals surface area contributed by atoms with E-state index >= 15 is 0 Å². The summed E-state index contributed by atoms with van der Waals surface area (Å²) in [7, 11) is 0. The number of anilines is 3. The lowest BCUT2D eigenvalue weighted by molar-refractivity contribution is 1.22. The van der Waals surface area contributed by atoms with Crippen molar-refractivity contribution in [3.8, 4) is 22.3 Å². The van der Waals surface area contributed by atoms with Crippen LogP contribution in [0.2, 0.25) is 0 Å². The van der Waals surface area contributed by atoms with Crippen LogP contribution in [0.5, 0.6) is 0 Å². The number of rotatable bonds is 8. The SMILES string of the molecule is C/C=C(\C=C/CC)Nc1ccc(-c2cccc(-c3ccc(Nc4ccccc4)cc3)c2)cc1. The van der Waals surface area contributed by atoms with Crippen molar-refractivity contribution in [2.75, 3.05) is 10.6 Å². The molecule has 0 radical (unpaired) electrons. The second kappa shape index (κ2) is 11.0. The van der Waals surface area contributed by atoms with Crippen LogP contribution in [0.4, 0.5) is 17.1 Å². The highest BCUT2D eigenvalue weighted by Crippen LogP contribution is 2.29. The molecule has 0 aliphatic rings. The molecule has 0 fully saturated rings. The molecule has 0 atom stereocenters. The van der Waals surface area contributed by atoms with Crippen molar-refractivity contribution in [2.45, 2.75) is 20.3 Å². The molecule has 0 spiro atoms. The minimum Gasteiger partial charge on any atom is -0.356 e. The molecule has 4 aromatic rings. The van der Waals surface area contributed by atoms with Gasteiger partial charge in [-0.05, 0) is 84.1 Å². The Morgan fingerprint density at radius 2 is 1.21 bits per heavy atom. The maximum absolute atomic E-state index is 3.47. The molecule has 0 saturated heterocycles. The van der Waals surface area contributed by atoms with Gasteiger partial charge in [0.15, 0.2) is 0 Å². The average molecular weight is 431 g/mol. The molecule has 2 heteroatoms. The van der Waals surface area contributed by atoms with Gasteiger partial charge in [0.1, 0.15) is 0 Å². The van der Waals surface area contributed by atoms with Gasteiger partial charge < -0.3 is 10.6 Å². The zero-order valence-electron chi connectivity index (χ0n) is 19.3. The number of allylic oxidation sites excluding steroid dienone is 3. The number of benzene rings is 4. The van der Waals surface area contributed by atoms with Crippen molar-refractivity contribution in [1.82, 2.24) is 0 Å². The maximum atomic E-state index is 3.47. The Labute approximate surface area is 197 Å². The van der Waals surface area contributed by atoms with E-state index in [4.69, 9.17) is 0 Å². The van der Waals surface area contributed by atoms with Crippen molar-refractivity contribution in [2.24, 2.45) is 0 Å². The first-order valence-electron chi connectivity index (χ1n) is 11.5. The lowest BCUT2D eigenvalue weighted by atomic mass is 9.99. The van der Waals surface area contributed by atoms with Crippen LogP contribution in [-0.4, -0.2) is 0 Å². The predicted molar refractivity (Wildman–Crippen MR) is 144 cm³/mol. The molecule has 4 rings (SSSR count). The van der Waals surface area contributed by atoms with E-state index in [1.165, 1.54) is 22.3 Å². The molecule has 0 amide bonds. The van der Waals surface area contributed by atoms with Crippen LogP contribution in [0.15, 0.2) is 127 Å². The number of hydrogen-bond acceptors (Lipinski definition) is 2. The summed E-state index contributed by atoms with van der Waals surface area (Å²) in [6, 6.07) is 36.1. The summed E-state index contributed by atoms with van der Waals surface area (Å²) in [5.41, 5.74) is 9.20. The summed E-state index contributed by atoms with van der Waals surface area (Å²) in [5, 5.41) is 6.91. The summed E-state index contributed by atoms with van der Waals surface area (Å²) >= 11 is 0. The topological polar surface area (TPSA) is 24.1 Å². The number of para-hydroxylation sites is 1. The highest BCUT2D eigenvalue weighted by Gasteiger charge is 2.03. The summed E-state index contributed by atoms with van der Waals surface area (Å²) in [4.78, 5) is 0. The van der Waals surface area contributed by atoms with Gasteiger partial charge in [0, 0.05) is 22.8 Å². The summed E-state index contributed by atoms with van der Waals surface area (Å²) in [6.45, 7) is 4.19. The molecule has 0 saturated carbocycles. The first-order valence-corrected chi connectivity index (χ1v) is 11.5. The highest BCUT2D eigenvalue weighted by molar-refractivity contribution is 5.75. The van der Waals surface area contributed by atoms with E-state index in [-0.39, 0.29) is 0 Å². The molecule has 0 aromatic heterocycles. The first kappa shape index (κ1) is 22.2. The lowest BCUT2D eigenvalue weighted by Crippen LogP contribution is -1.96. The van der Waals surface area contributed by atoms with Gasteiger partial charge in [-0.2, -0.15) is 0 Å². The highest BCUT2D eigenvalue weighted by atomic mass is 14.9. The lowest BCUT2D eigenvalue weighted by Gasteiger charge is -2.10. The minimum atomic E-state index is 1.03. The van der Waals surface area contributed by atoms with Crippen molar-refractivity contribution < 1.29 is 0 Å². The van der Waals surface area contributed by atoms with Crippen LogP contribution in [0.3, 0.4) is 0 Å². The average Bonchev–Trinajstić information content (AvgIpc) is 2.88. The van der Waals surface area contributed by atoms with Crippen molar-refractivity contribution in [3.63, 3.8) is 0 Å². The van der Waals surface area contributed by atoms with Crippen LogP contribution in [0.1, 0.15) is 20.3 Å². The molecular formula is C31H30N2. The zero-order chi connectivity index (χ0) is 22.9. The van der Waals surface area contributed by atoms with Gasteiger partial charge >= 0.3 is 0 Å². The molecule has 0 aliphatic heterocycles. The molecule has 33 heavy (non-hydrogen) atoms. The maximum Gasteiger partial charge on any atom is 0.0384 e. The van der Waals surface area contributed by atoms with Gasteiger partial charge in [-0.1, -0.05) is 79.7 Å². The van der Waals surface area contributed by atoms with Gasteiger partial charge in [0.05, 0.1) is 0 Å². The van der Waals surface area contributed by atoms with Crippen LogP contribution >= 0.6 is 0 Å². The Bertz CT molecular complexity index is 1220. The Hall–Kier alpha value is -4.04. The summed E-state index contributed by atoms with van der Waals surface area (Å²) in [6.07, 6.45) is 7.40. The molecule has 2 N–H and O–H groups in total. The van der Waals surface area contributed by atoms with Gasteiger partial charge in [-0.15, -0.1) is 0 Å². The van der Waals surface area contributed by atoms with Crippen LogP contribution in [-0.2, 0) is 0 Å². The van der Waals surface area contributed by atoms with Gasteiger partial charge in [0.2, 0.25) is 0 Å². The molecule has 0 unspecified atom stereocenters. The van der Waals surface area contributed by atoms with Gasteiger partial charge in [0.25, 0.3) is 0 Å². The smallest absolute Gasteiger partial charge is 0.0384 e. The predicted octanol–water partition coefficient (Wildman–Crippen LogP) is 9.05. The van der Waals surface area contributed by atoms with Gasteiger partial charge in [-0.3, -0.25) is 0 Å². The normalized spacial score (nSPS) is 11.5. The van der Waals surface area contributed by atoms with Crippen LogP contribution in [0.25, 0.3) is 22.3 Å². The van der Waals surface area contributed by atoms with E-state index in [1.807, 2.05) is 25.1 Å². The largest absolute Gasteiger partial charge is 0.356 e. The van der Waals surface area contributed by atoms with Gasteiger partial charge in [-0.25, -0.2) is 0 Å². The quantitative estimate of drug-likeness (QED) is 0.272. The summed E-state index contributed by atoms with van der Waals surface area (Å²) in [5.74, 6) is 0. The molecule has 2 nitrogen and oxygen atoms in total. The second-order valence-corrected chi connectivity index (χ2v) is 7.91. The summed E-state index contributed by atoms with van der Waals surface area (Å²) < 4.78 is 0. The van der Waals surface area contributed by atoms with Crippen LogP contribution in [0, 0.1) is 0 Å². The van der Waals surface area contributed by atoms with E-state index in [9.17, 15) is 0 Å². The third-order valence-electron chi connectivity index (χ3n) is 5.49. The third-order valence-corrected chi connectivity index (χ3v) is 5.49. The molecular weight excluding hydrogens is 400 g/mol. The van der Waals surface area contributed by atoms with Crippen molar-refractivity contribution in [1.29, 1.82) is 0 Å².